The first-order valence-corrected chi connectivity index (χ1v) is 5.80. The molecule has 1 aromatic carbocycles. The highest BCUT2D eigenvalue weighted by Crippen LogP contribution is 2.19. The van der Waals surface area contributed by atoms with E-state index in [1.807, 2.05) is 6.07 Å². The van der Waals surface area contributed by atoms with Crippen molar-refractivity contribution < 1.29 is 4.39 Å². The lowest BCUT2D eigenvalue weighted by Gasteiger charge is -1.91. The average molecular weight is 355 g/mol. The third kappa shape index (κ3) is 1.71. The predicted molar refractivity (Wildman–Crippen MR) is 61.4 cm³/mol. The number of hydrogen-bond donors (Lipinski definition) is 1. The Labute approximate surface area is 96.2 Å². The number of rotatable bonds is 1. The number of benzene rings is 1. The van der Waals surface area contributed by atoms with Gasteiger partial charge in [0.2, 0.25) is 0 Å². The van der Waals surface area contributed by atoms with Gasteiger partial charge in [0.25, 0.3) is 0 Å². The Morgan fingerprint density at radius 3 is 3.00 bits per heavy atom. The van der Waals surface area contributed by atoms with Gasteiger partial charge in [0.1, 0.15) is 11.3 Å². The summed E-state index contributed by atoms with van der Waals surface area (Å²) in [6.45, 7) is 0. The lowest BCUT2D eigenvalue weighted by molar-refractivity contribution is 0.636. The summed E-state index contributed by atoms with van der Waals surface area (Å²) in [7, 11) is 0. The zero-order valence-corrected chi connectivity index (χ0v) is 10.2. The van der Waals surface area contributed by atoms with Crippen LogP contribution in [-0.2, 0) is 5.33 Å². The molecule has 1 heterocycles. The average Bonchev–Trinajstić information content (AvgIpc) is 2.47. The molecule has 2 rings (SSSR count). The second kappa shape index (κ2) is 3.53. The van der Waals surface area contributed by atoms with Crippen LogP contribution in [0.1, 0.15) is 5.82 Å². The second-order valence-electron chi connectivity index (χ2n) is 2.60. The highest BCUT2D eigenvalue weighted by Gasteiger charge is 2.07. The first-order chi connectivity index (χ1) is 6.20. The summed E-state index contributed by atoms with van der Waals surface area (Å²) in [5, 5.41) is 0.609. The molecule has 0 saturated carbocycles. The predicted octanol–water partition coefficient (Wildman–Crippen LogP) is 3.20. The maximum Gasteiger partial charge on any atom is 0.152 e. The van der Waals surface area contributed by atoms with E-state index in [1.165, 1.54) is 6.07 Å². The van der Waals surface area contributed by atoms with Gasteiger partial charge in [-0.2, -0.15) is 0 Å². The van der Waals surface area contributed by atoms with E-state index in [1.54, 1.807) is 0 Å². The topological polar surface area (TPSA) is 28.7 Å². The van der Waals surface area contributed by atoms with Crippen LogP contribution in [0.3, 0.4) is 0 Å². The number of alkyl halides is 1. The van der Waals surface area contributed by atoms with Gasteiger partial charge in [-0.1, -0.05) is 15.9 Å². The Balaban J connectivity index is 2.75. The SMILES string of the molecule is Fc1cc(I)cc2[nH]c(CBr)nc12. The van der Waals surface area contributed by atoms with E-state index in [9.17, 15) is 4.39 Å². The van der Waals surface area contributed by atoms with Crippen LogP contribution < -0.4 is 0 Å². The number of halogens is 3. The summed E-state index contributed by atoms with van der Waals surface area (Å²) in [6.07, 6.45) is 0. The van der Waals surface area contributed by atoms with Crippen LogP contribution in [0.2, 0.25) is 0 Å². The number of H-pyrrole nitrogens is 1. The molecule has 0 aliphatic heterocycles. The van der Waals surface area contributed by atoms with Crippen molar-refractivity contribution in [1.82, 2.24) is 9.97 Å². The Kier molecular flexibility index (Phi) is 2.55. The third-order valence-corrected chi connectivity index (χ3v) is 2.83. The molecule has 2 aromatic rings. The number of nitrogens with one attached hydrogen (secondary N) is 1. The van der Waals surface area contributed by atoms with Crippen LogP contribution in [0.5, 0.6) is 0 Å². The van der Waals surface area contributed by atoms with E-state index in [0.717, 1.165) is 14.9 Å². The smallest absolute Gasteiger partial charge is 0.152 e. The molecule has 0 aliphatic carbocycles. The molecule has 0 unspecified atom stereocenters. The first-order valence-electron chi connectivity index (χ1n) is 3.60. The molecule has 13 heavy (non-hydrogen) atoms. The minimum atomic E-state index is -0.273. The van der Waals surface area contributed by atoms with Crippen LogP contribution in [0, 0.1) is 9.39 Å². The fraction of sp³-hybridized carbons (Fsp3) is 0.125. The molecular weight excluding hydrogens is 350 g/mol. The van der Waals surface area contributed by atoms with Crippen molar-refractivity contribution in [1.29, 1.82) is 0 Å². The summed E-state index contributed by atoms with van der Waals surface area (Å²) in [4.78, 5) is 7.12. The van der Waals surface area contributed by atoms with Gasteiger partial charge in [-0.15, -0.1) is 0 Å². The fourth-order valence-corrected chi connectivity index (χ4v) is 2.01. The van der Waals surface area contributed by atoms with Crippen molar-refractivity contribution in [3.8, 4) is 0 Å². The van der Waals surface area contributed by atoms with Gasteiger partial charge < -0.3 is 4.98 Å². The van der Waals surface area contributed by atoms with E-state index in [-0.39, 0.29) is 5.82 Å². The second-order valence-corrected chi connectivity index (χ2v) is 4.41. The fourth-order valence-electron chi connectivity index (χ4n) is 1.16. The molecule has 1 N–H and O–H groups in total. The molecule has 0 amide bonds. The van der Waals surface area contributed by atoms with Gasteiger partial charge in [0, 0.05) is 3.57 Å². The third-order valence-electron chi connectivity index (χ3n) is 1.68. The zero-order chi connectivity index (χ0) is 9.42. The summed E-state index contributed by atoms with van der Waals surface area (Å²) >= 11 is 5.34. The van der Waals surface area contributed by atoms with Gasteiger partial charge in [-0.05, 0) is 34.7 Å². The van der Waals surface area contributed by atoms with Gasteiger partial charge in [-0.3, -0.25) is 0 Å². The van der Waals surface area contributed by atoms with E-state index in [0.29, 0.717) is 10.8 Å². The normalized spacial score (nSPS) is 11.0. The Morgan fingerprint density at radius 2 is 2.31 bits per heavy atom. The standard InChI is InChI=1S/C8H5BrFIN2/c9-3-7-12-6-2-4(11)1-5(10)8(6)13-7/h1-2H,3H2,(H,12,13). The Bertz CT molecular complexity index is 455. The summed E-state index contributed by atoms with van der Waals surface area (Å²) < 4.78 is 14.2. The van der Waals surface area contributed by atoms with Crippen LogP contribution in [-0.4, -0.2) is 9.97 Å². The molecule has 0 aliphatic rings. The molecule has 0 spiro atoms. The van der Waals surface area contributed by atoms with Crippen molar-refractivity contribution in [2.75, 3.05) is 0 Å². The van der Waals surface area contributed by atoms with Crippen molar-refractivity contribution in [3.05, 3.63) is 27.3 Å². The lowest BCUT2D eigenvalue weighted by Crippen LogP contribution is -1.80. The van der Waals surface area contributed by atoms with Crippen LogP contribution in [0.25, 0.3) is 11.0 Å². The minimum absolute atomic E-state index is 0.273. The molecule has 2 nitrogen and oxygen atoms in total. The highest BCUT2D eigenvalue weighted by molar-refractivity contribution is 14.1. The van der Waals surface area contributed by atoms with E-state index < -0.39 is 0 Å². The number of aromatic nitrogens is 2. The quantitative estimate of drug-likeness (QED) is 0.618. The molecule has 68 valence electrons. The van der Waals surface area contributed by atoms with Crippen LogP contribution in [0.15, 0.2) is 12.1 Å². The first kappa shape index (κ1) is 9.39. The summed E-state index contributed by atoms with van der Waals surface area (Å²) in [5.74, 6) is 0.473. The highest BCUT2D eigenvalue weighted by atomic mass is 127. The largest absolute Gasteiger partial charge is 0.341 e. The van der Waals surface area contributed by atoms with Crippen LogP contribution in [0.4, 0.5) is 4.39 Å². The Morgan fingerprint density at radius 1 is 1.54 bits per heavy atom. The number of aromatic amines is 1. The van der Waals surface area contributed by atoms with E-state index in [2.05, 4.69) is 48.5 Å². The maximum absolute atomic E-state index is 13.3. The van der Waals surface area contributed by atoms with Crippen molar-refractivity contribution in [2.45, 2.75) is 5.33 Å². The van der Waals surface area contributed by atoms with Crippen molar-refractivity contribution >= 4 is 49.6 Å². The molecule has 5 heteroatoms. The molecule has 0 fully saturated rings. The van der Waals surface area contributed by atoms with Crippen molar-refractivity contribution in [3.63, 3.8) is 0 Å². The molecule has 0 atom stereocenters. The number of fused-ring (bicyclic) bond motifs is 1. The molecule has 0 bridgehead atoms. The monoisotopic (exact) mass is 354 g/mol. The molecular formula is C8H5BrFIN2. The number of imidazole rings is 1. The van der Waals surface area contributed by atoms with Gasteiger partial charge in [-0.25, -0.2) is 9.37 Å². The lowest BCUT2D eigenvalue weighted by atomic mass is 10.3. The zero-order valence-electron chi connectivity index (χ0n) is 6.44. The maximum atomic E-state index is 13.3. The van der Waals surface area contributed by atoms with Crippen molar-refractivity contribution in [2.24, 2.45) is 0 Å². The number of hydrogen-bond acceptors (Lipinski definition) is 1. The van der Waals surface area contributed by atoms with E-state index >= 15 is 0 Å². The van der Waals surface area contributed by atoms with Crippen LogP contribution >= 0.6 is 38.5 Å². The molecule has 0 radical (unpaired) electrons. The number of nitrogens with zero attached hydrogens (tertiary/aromatic N) is 1. The van der Waals surface area contributed by atoms with Gasteiger partial charge in [0.05, 0.1) is 10.8 Å². The summed E-state index contributed by atoms with van der Waals surface area (Å²) in [5.41, 5.74) is 1.16. The van der Waals surface area contributed by atoms with Gasteiger partial charge in [0.15, 0.2) is 5.82 Å². The minimum Gasteiger partial charge on any atom is -0.341 e. The van der Waals surface area contributed by atoms with Gasteiger partial charge >= 0.3 is 0 Å². The molecule has 0 saturated heterocycles. The van der Waals surface area contributed by atoms with E-state index in [4.69, 9.17) is 0 Å². The summed E-state index contributed by atoms with van der Waals surface area (Å²) in [6, 6.07) is 3.35. The Hall–Kier alpha value is -0.170. The molecule has 1 aromatic heterocycles.